The molecule has 0 bridgehead atoms. The molecule has 1 rings (SSSR count). The molecule has 0 saturated carbocycles. The summed E-state index contributed by atoms with van der Waals surface area (Å²) in [5.41, 5.74) is 0. The van der Waals surface area contributed by atoms with Gasteiger partial charge in [0.15, 0.2) is 0 Å². The van der Waals surface area contributed by atoms with Crippen LogP contribution in [0.15, 0.2) is 0 Å². The van der Waals surface area contributed by atoms with Gasteiger partial charge in [0.2, 0.25) is 0 Å². The molecule has 0 radical (unpaired) electrons. The van der Waals surface area contributed by atoms with Gasteiger partial charge in [0, 0.05) is 0 Å². The zero-order chi connectivity index (χ0) is 20.8. The van der Waals surface area contributed by atoms with Gasteiger partial charge in [-0.15, -0.1) is 0 Å². The van der Waals surface area contributed by atoms with Crippen molar-refractivity contribution in [1.82, 2.24) is 4.90 Å². The Balaban J connectivity index is 2.18. The molecule has 0 spiro atoms. The first kappa shape index (κ1) is 24.9. The van der Waals surface area contributed by atoms with E-state index in [2.05, 4.69) is 18.9 Å². The van der Waals surface area contributed by atoms with E-state index < -0.39 is 0 Å². The van der Waals surface area contributed by atoms with E-state index >= 15 is 0 Å². The lowest BCUT2D eigenvalue weighted by atomic mass is 9.97. The third-order valence-corrected chi connectivity index (χ3v) is 5.81. The van der Waals surface area contributed by atoms with Crippen molar-refractivity contribution in [2.45, 2.75) is 97.5 Å². The topological polar surface area (TPSA) is 55.8 Å². The average molecular weight is 398 g/mol. The van der Waals surface area contributed by atoms with E-state index in [1.54, 1.807) is 6.92 Å². The van der Waals surface area contributed by atoms with Crippen LogP contribution < -0.4 is 0 Å². The third-order valence-electron chi connectivity index (χ3n) is 5.81. The van der Waals surface area contributed by atoms with Gasteiger partial charge in [-0.3, -0.25) is 9.59 Å². The van der Waals surface area contributed by atoms with Crippen molar-refractivity contribution >= 4 is 11.9 Å². The molecule has 0 amide bonds. The van der Waals surface area contributed by atoms with Gasteiger partial charge in [-0.2, -0.15) is 0 Å². The molecule has 5 heteroatoms. The maximum Gasteiger partial charge on any atom is 0.309 e. The standard InChI is InChI=1S/C23H43NO4/c1-5-7-8-9-10-11-12-13-20(6-2)22(25)27-18-19(3)28-23(26)21-14-16-24(4)17-15-21/h19-21H,5-18H2,1-4H3. The fourth-order valence-corrected chi connectivity index (χ4v) is 3.73. The van der Waals surface area contributed by atoms with Gasteiger partial charge in [0.25, 0.3) is 0 Å². The summed E-state index contributed by atoms with van der Waals surface area (Å²) in [6.07, 6.45) is 11.8. The number of hydrogen-bond donors (Lipinski definition) is 0. The minimum Gasteiger partial charge on any atom is -0.462 e. The van der Waals surface area contributed by atoms with Crippen molar-refractivity contribution in [1.29, 1.82) is 0 Å². The zero-order valence-corrected chi connectivity index (χ0v) is 18.7. The van der Waals surface area contributed by atoms with E-state index in [9.17, 15) is 9.59 Å². The zero-order valence-electron chi connectivity index (χ0n) is 18.7. The van der Waals surface area contributed by atoms with Crippen LogP contribution in [0.3, 0.4) is 0 Å². The van der Waals surface area contributed by atoms with Gasteiger partial charge < -0.3 is 14.4 Å². The first-order valence-electron chi connectivity index (χ1n) is 11.5. The maximum absolute atomic E-state index is 12.3. The van der Waals surface area contributed by atoms with E-state index in [4.69, 9.17) is 9.47 Å². The van der Waals surface area contributed by atoms with Crippen LogP contribution in [0.25, 0.3) is 0 Å². The van der Waals surface area contributed by atoms with Crippen molar-refractivity contribution in [2.75, 3.05) is 26.7 Å². The molecule has 0 aromatic heterocycles. The van der Waals surface area contributed by atoms with Gasteiger partial charge in [-0.1, -0.05) is 58.8 Å². The fourth-order valence-electron chi connectivity index (χ4n) is 3.73. The molecule has 2 atom stereocenters. The minimum atomic E-state index is -0.382. The number of piperidine rings is 1. The molecule has 0 aliphatic carbocycles. The van der Waals surface area contributed by atoms with Crippen LogP contribution in [-0.2, 0) is 19.1 Å². The monoisotopic (exact) mass is 397 g/mol. The van der Waals surface area contributed by atoms with E-state index in [0.717, 1.165) is 45.2 Å². The number of rotatable bonds is 14. The highest BCUT2D eigenvalue weighted by atomic mass is 16.6. The summed E-state index contributed by atoms with van der Waals surface area (Å²) in [5.74, 6) is -0.343. The van der Waals surface area contributed by atoms with Crippen LogP contribution in [0, 0.1) is 11.8 Å². The molecule has 1 heterocycles. The number of esters is 2. The van der Waals surface area contributed by atoms with Crippen molar-refractivity contribution in [3.8, 4) is 0 Å². The van der Waals surface area contributed by atoms with Gasteiger partial charge in [-0.05, 0) is 52.7 Å². The predicted molar refractivity (Wildman–Crippen MR) is 113 cm³/mol. The summed E-state index contributed by atoms with van der Waals surface area (Å²) < 4.78 is 10.9. The molecular formula is C23H43NO4. The third kappa shape index (κ3) is 10.4. The van der Waals surface area contributed by atoms with Crippen molar-refractivity contribution in [3.63, 3.8) is 0 Å². The Morgan fingerprint density at radius 2 is 1.61 bits per heavy atom. The molecule has 0 aromatic rings. The largest absolute Gasteiger partial charge is 0.462 e. The number of carbonyl (C=O) groups excluding carboxylic acids is 2. The first-order chi connectivity index (χ1) is 13.5. The summed E-state index contributed by atoms with van der Waals surface area (Å²) >= 11 is 0. The normalized spacial score (nSPS) is 17.9. The van der Waals surface area contributed by atoms with E-state index in [1.807, 2.05) is 6.92 Å². The molecule has 1 saturated heterocycles. The highest BCUT2D eigenvalue weighted by Gasteiger charge is 2.26. The quantitative estimate of drug-likeness (QED) is 0.306. The minimum absolute atomic E-state index is 0.0185. The smallest absolute Gasteiger partial charge is 0.309 e. The van der Waals surface area contributed by atoms with E-state index in [1.165, 1.54) is 38.5 Å². The van der Waals surface area contributed by atoms with Crippen LogP contribution in [0.2, 0.25) is 0 Å². The maximum atomic E-state index is 12.3. The van der Waals surface area contributed by atoms with Gasteiger partial charge >= 0.3 is 11.9 Å². The van der Waals surface area contributed by atoms with Crippen molar-refractivity contribution in [2.24, 2.45) is 11.8 Å². The van der Waals surface area contributed by atoms with Gasteiger partial charge in [0.05, 0.1) is 11.8 Å². The molecule has 1 fully saturated rings. The lowest BCUT2D eigenvalue weighted by molar-refractivity contribution is -0.164. The van der Waals surface area contributed by atoms with Crippen LogP contribution in [0.4, 0.5) is 0 Å². The molecule has 2 unspecified atom stereocenters. The number of ether oxygens (including phenoxy) is 2. The highest BCUT2D eigenvalue weighted by Crippen LogP contribution is 2.19. The predicted octanol–water partition coefficient (Wildman–Crippen LogP) is 4.97. The van der Waals surface area contributed by atoms with Gasteiger partial charge in [0.1, 0.15) is 12.7 Å². The molecule has 1 aliphatic rings. The Kier molecular flexibility index (Phi) is 13.2. The summed E-state index contributed by atoms with van der Waals surface area (Å²) in [5, 5.41) is 0. The number of hydrogen-bond acceptors (Lipinski definition) is 5. The molecule has 164 valence electrons. The lowest BCUT2D eigenvalue weighted by Crippen LogP contribution is -2.36. The Labute approximate surface area is 172 Å². The second kappa shape index (κ2) is 14.8. The van der Waals surface area contributed by atoms with Crippen LogP contribution in [0.1, 0.15) is 91.4 Å². The molecule has 1 aliphatic heterocycles. The SMILES string of the molecule is CCCCCCCCCC(CC)C(=O)OCC(C)OC(=O)C1CCN(C)CC1. The van der Waals surface area contributed by atoms with Crippen molar-refractivity contribution < 1.29 is 19.1 Å². The average Bonchev–Trinajstić information content (AvgIpc) is 2.68. The van der Waals surface area contributed by atoms with E-state index in [0.29, 0.717) is 0 Å². The molecule has 0 N–H and O–H groups in total. The Hall–Kier alpha value is -1.10. The molecule has 28 heavy (non-hydrogen) atoms. The van der Waals surface area contributed by atoms with Gasteiger partial charge in [-0.25, -0.2) is 0 Å². The summed E-state index contributed by atoms with van der Waals surface area (Å²) in [7, 11) is 2.07. The Morgan fingerprint density at radius 1 is 1.00 bits per heavy atom. The van der Waals surface area contributed by atoms with Crippen LogP contribution in [0.5, 0.6) is 0 Å². The highest BCUT2D eigenvalue weighted by molar-refractivity contribution is 5.73. The number of likely N-dealkylation sites (tertiary alicyclic amines) is 1. The number of carbonyl (C=O) groups is 2. The Bertz CT molecular complexity index is 432. The van der Waals surface area contributed by atoms with E-state index in [-0.39, 0.29) is 36.5 Å². The second-order valence-corrected chi connectivity index (χ2v) is 8.47. The fraction of sp³-hybridized carbons (Fsp3) is 0.913. The molecular weight excluding hydrogens is 354 g/mol. The lowest BCUT2D eigenvalue weighted by Gasteiger charge is -2.28. The summed E-state index contributed by atoms with van der Waals surface area (Å²) in [4.78, 5) is 26.8. The first-order valence-corrected chi connectivity index (χ1v) is 11.5. The number of unbranched alkanes of at least 4 members (excludes halogenated alkanes) is 6. The summed E-state index contributed by atoms with van der Waals surface area (Å²) in [6, 6.07) is 0. The molecule has 0 aromatic carbocycles. The second-order valence-electron chi connectivity index (χ2n) is 8.47. The Morgan fingerprint density at radius 3 is 2.21 bits per heavy atom. The van der Waals surface area contributed by atoms with Crippen molar-refractivity contribution in [3.05, 3.63) is 0 Å². The summed E-state index contributed by atoms with van der Waals surface area (Å²) in [6.45, 7) is 8.09. The van der Waals surface area contributed by atoms with Crippen LogP contribution >= 0.6 is 0 Å². The van der Waals surface area contributed by atoms with Crippen LogP contribution in [-0.4, -0.2) is 49.7 Å². The number of nitrogens with zero attached hydrogens (tertiary/aromatic N) is 1. The molecule has 5 nitrogen and oxygen atoms in total.